The minimum atomic E-state index is -0.00370. The lowest BCUT2D eigenvalue weighted by Gasteiger charge is -2.19. The van der Waals surface area contributed by atoms with Crippen molar-refractivity contribution in [1.82, 2.24) is 25.4 Å². The Bertz CT molecular complexity index is 781. The first-order valence-electron chi connectivity index (χ1n) is 8.31. The summed E-state index contributed by atoms with van der Waals surface area (Å²) in [5.41, 5.74) is 0.978. The molecule has 1 saturated carbocycles. The van der Waals surface area contributed by atoms with Crippen LogP contribution in [0.25, 0.3) is 0 Å². The Morgan fingerprint density at radius 1 is 1.36 bits per heavy atom. The highest BCUT2D eigenvalue weighted by Gasteiger charge is 2.23. The van der Waals surface area contributed by atoms with Gasteiger partial charge in [0.15, 0.2) is 11.8 Å². The molecule has 25 heavy (non-hydrogen) atoms. The molecule has 0 bridgehead atoms. The van der Waals surface area contributed by atoms with Crippen molar-refractivity contribution in [2.24, 2.45) is 12.0 Å². The Morgan fingerprint density at radius 2 is 2.12 bits per heavy atom. The maximum atomic E-state index is 6.32. The molecule has 1 fully saturated rings. The minimum Gasteiger partial charge on any atom is -0.354 e. The van der Waals surface area contributed by atoms with Gasteiger partial charge in [-0.05, 0) is 44.4 Å². The van der Waals surface area contributed by atoms with Gasteiger partial charge < -0.3 is 15.2 Å². The van der Waals surface area contributed by atoms with Gasteiger partial charge in [-0.3, -0.25) is 0 Å². The molecule has 1 aliphatic carbocycles. The SMILES string of the molecule is Cc1nnc(CN=C(NC2CC2)NC(C)c2ccc(Cl)cc2Cl)n1C. The number of nitrogens with one attached hydrogen (secondary N) is 2. The molecule has 1 unspecified atom stereocenters. The number of hydrogen-bond donors (Lipinski definition) is 2. The van der Waals surface area contributed by atoms with Crippen LogP contribution in [0.4, 0.5) is 0 Å². The molecule has 0 aliphatic heterocycles. The third-order valence-corrected chi connectivity index (χ3v) is 4.82. The summed E-state index contributed by atoms with van der Waals surface area (Å²) < 4.78 is 1.94. The standard InChI is InChI=1S/C17H22Cl2N6/c1-10(14-7-4-12(18)8-15(14)19)21-17(22-13-5-6-13)20-9-16-24-23-11(2)25(16)3/h4,7-8,10,13H,5-6,9H2,1-3H3,(H2,20,21,22). The van der Waals surface area contributed by atoms with Crippen molar-refractivity contribution in [2.75, 3.05) is 0 Å². The van der Waals surface area contributed by atoms with Crippen LogP contribution >= 0.6 is 23.2 Å². The maximum absolute atomic E-state index is 6.32. The molecule has 6 nitrogen and oxygen atoms in total. The van der Waals surface area contributed by atoms with Gasteiger partial charge in [-0.15, -0.1) is 10.2 Å². The van der Waals surface area contributed by atoms with Gasteiger partial charge in [0.1, 0.15) is 12.4 Å². The van der Waals surface area contributed by atoms with E-state index in [1.54, 1.807) is 6.07 Å². The molecule has 0 saturated heterocycles. The molecule has 1 aliphatic rings. The number of aryl methyl sites for hydroxylation is 1. The van der Waals surface area contributed by atoms with Gasteiger partial charge in [0, 0.05) is 23.1 Å². The Hall–Kier alpha value is -1.79. The summed E-state index contributed by atoms with van der Waals surface area (Å²) in [5.74, 6) is 2.45. The zero-order chi connectivity index (χ0) is 18.0. The summed E-state index contributed by atoms with van der Waals surface area (Å²) in [5, 5.41) is 16.3. The summed E-state index contributed by atoms with van der Waals surface area (Å²) in [7, 11) is 1.94. The Kier molecular flexibility index (Phi) is 5.49. The predicted molar refractivity (Wildman–Crippen MR) is 101 cm³/mol. The van der Waals surface area contributed by atoms with E-state index in [9.17, 15) is 0 Å². The fourth-order valence-electron chi connectivity index (χ4n) is 2.43. The highest BCUT2D eigenvalue weighted by atomic mass is 35.5. The van der Waals surface area contributed by atoms with E-state index in [1.807, 2.05) is 37.6 Å². The molecule has 2 aromatic rings. The summed E-state index contributed by atoms with van der Waals surface area (Å²) in [6.45, 7) is 4.43. The van der Waals surface area contributed by atoms with Gasteiger partial charge >= 0.3 is 0 Å². The summed E-state index contributed by atoms with van der Waals surface area (Å²) in [6.07, 6.45) is 2.33. The largest absolute Gasteiger partial charge is 0.354 e. The number of guanidine groups is 1. The van der Waals surface area contributed by atoms with Crippen LogP contribution in [0.5, 0.6) is 0 Å². The molecule has 0 radical (unpaired) electrons. The van der Waals surface area contributed by atoms with Crippen molar-refractivity contribution in [3.8, 4) is 0 Å². The van der Waals surface area contributed by atoms with E-state index in [-0.39, 0.29) is 6.04 Å². The molecule has 0 amide bonds. The van der Waals surface area contributed by atoms with Crippen molar-refractivity contribution in [1.29, 1.82) is 0 Å². The summed E-state index contributed by atoms with van der Waals surface area (Å²) in [4.78, 5) is 4.66. The van der Waals surface area contributed by atoms with Gasteiger partial charge in [-0.2, -0.15) is 0 Å². The zero-order valence-electron chi connectivity index (χ0n) is 14.6. The molecule has 2 N–H and O–H groups in total. The van der Waals surface area contributed by atoms with Crippen molar-refractivity contribution >= 4 is 29.2 Å². The third-order valence-electron chi connectivity index (χ3n) is 4.26. The molecular formula is C17H22Cl2N6. The normalized spacial score (nSPS) is 16.0. The van der Waals surface area contributed by atoms with E-state index in [0.29, 0.717) is 22.6 Å². The minimum absolute atomic E-state index is 0.00370. The van der Waals surface area contributed by atoms with Crippen molar-refractivity contribution in [3.05, 3.63) is 45.5 Å². The van der Waals surface area contributed by atoms with Crippen molar-refractivity contribution in [2.45, 2.75) is 45.3 Å². The van der Waals surface area contributed by atoms with Crippen LogP contribution in [0.1, 0.15) is 43.0 Å². The van der Waals surface area contributed by atoms with E-state index in [0.717, 1.165) is 23.2 Å². The number of hydrogen-bond acceptors (Lipinski definition) is 3. The molecule has 1 aromatic heterocycles. The average molecular weight is 381 g/mol. The molecular weight excluding hydrogens is 359 g/mol. The number of nitrogens with zero attached hydrogens (tertiary/aromatic N) is 4. The molecule has 0 spiro atoms. The van der Waals surface area contributed by atoms with E-state index >= 15 is 0 Å². The van der Waals surface area contributed by atoms with E-state index in [2.05, 4.69) is 25.8 Å². The lowest BCUT2D eigenvalue weighted by atomic mass is 10.1. The smallest absolute Gasteiger partial charge is 0.192 e. The molecule has 3 rings (SSSR count). The second-order valence-electron chi connectivity index (χ2n) is 6.34. The van der Waals surface area contributed by atoms with Crippen LogP contribution in [0.3, 0.4) is 0 Å². The number of aromatic nitrogens is 3. The molecule has 8 heteroatoms. The quantitative estimate of drug-likeness (QED) is 0.616. The van der Waals surface area contributed by atoms with Crippen LogP contribution in [0, 0.1) is 6.92 Å². The van der Waals surface area contributed by atoms with Gasteiger partial charge in [-0.1, -0.05) is 29.3 Å². The first kappa shape index (κ1) is 18.0. The third kappa shape index (κ3) is 4.64. The predicted octanol–water partition coefficient (Wildman–Crippen LogP) is 3.39. The lowest BCUT2D eigenvalue weighted by molar-refractivity contribution is 0.675. The number of benzene rings is 1. The Labute approximate surface area is 157 Å². The van der Waals surface area contributed by atoms with Gasteiger partial charge in [0.05, 0.1) is 6.04 Å². The van der Waals surface area contributed by atoms with Gasteiger partial charge in [0.2, 0.25) is 0 Å². The van der Waals surface area contributed by atoms with Crippen LogP contribution in [0.2, 0.25) is 10.0 Å². The first-order valence-corrected chi connectivity index (χ1v) is 9.07. The number of aliphatic imine (C=N–C) groups is 1. The second-order valence-corrected chi connectivity index (χ2v) is 7.18. The van der Waals surface area contributed by atoms with Gasteiger partial charge in [0.25, 0.3) is 0 Å². The van der Waals surface area contributed by atoms with Crippen molar-refractivity contribution in [3.63, 3.8) is 0 Å². The fourth-order valence-corrected chi connectivity index (χ4v) is 3.00. The maximum Gasteiger partial charge on any atom is 0.192 e. The van der Waals surface area contributed by atoms with E-state index in [4.69, 9.17) is 23.2 Å². The lowest BCUT2D eigenvalue weighted by Crippen LogP contribution is -2.40. The number of rotatable bonds is 5. The van der Waals surface area contributed by atoms with Crippen molar-refractivity contribution < 1.29 is 0 Å². The molecule has 1 aromatic carbocycles. The topological polar surface area (TPSA) is 67.1 Å². The Balaban J connectivity index is 1.73. The highest BCUT2D eigenvalue weighted by molar-refractivity contribution is 6.35. The Morgan fingerprint density at radius 3 is 2.72 bits per heavy atom. The van der Waals surface area contributed by atoms with Crippen LogP contribution in [-0.2, 0) is 13.6 Å². The first-order chi connectivity index (χ1) is 11.9. The molecule has 134 valence electrons. The van der Waals surface area contributed by atoms with Crippen LogP contribution in [0.15, 0.2) is 23.2 Å². The zero-order valence-corrected chi connectivity index (χ0v) is 16.1. The van der Waals surface area contributed by atoms with Crippen LogP contribution < -0.4 is 10.6 Å². The molecule has 1 atom stereocenters. The monoisotopic (exact) mass is 380 g/mol. The summed E-state index contributed by atoms with van der Waals surface area (Å²) >= 11 is 12.3. The fraction of sp³-hybridized carbons (Fsp3) is 0.471. The molecule has 1 heterocycles. The van der Waals surface area contributed by atoms with E-state index in [1.165, 1.54) is 12.8 Å². The van der Waals surface area contributed by atoms with Gasteiger partial charge in [-0.25, -0.2) is 4.99 Å². The average Bonchev–Trinajstić information content (AvgIpc) is 3.31. The highest BCUT2D eigenvalue weighted by Crippen LogP contribution is 2.26. The number of halogens is 2. The van der Waals surface area contributed by atoms with E-state index < -0.39 is 0 Å². The second kappa shape index (κ2) is 7.62. The van der Waals surface area contributed by atoms with Crippen LogP contribution in [-0.4, -0.2) is 26.8 Å². The summed E-state index contributed by atoms with van der Waals surface area (Å²) in [6, 6.07) is 6.01.